The van der Waals surface area contributed by atoms with Crippen molar-refractivity contribution in [3.05, 3.63) is 34.9 Å². The summed E-state index contributed by atoms with van der Waals surface area (Å²) in [5.41, 5.74) is 1.73. The zero-order chi connectivity index (χ0) is 12.8. The van der Waals surface area contributed by atoms with Gasteiger partial charge in [-0.25, -0.2) is 4.79 Å². The quantitative estimate of drug-likeness (QED) is 0.612. The molecule has 0 unspecified atom stereocenters. The molecule has 0 saturated carbocycles. The van der Waals surface area contributed by atoms with Crippen molar-refractivity contribution in [2.75, 3.05) is 13.0 Å². The number of benzene rings is 1. The molecule has 5 heteroatoms. The molecule has 0 aliphatic rings. The number of esters is 1. The van der Waals surface area contributed by atoms with Crippen LogP contribution in [0.4, 0.5) is 0 Å². The summed E-state index contributed by atoms with van der Waals surface area (Å²) < 4.78 is 4.66. The van der Waals surface area contributed by atoms with Gasteiger partial charge >= 0.3 is 5.97 Å². The normalized spacial score (nSPS) is 10.1. The van der Waals surface area contributed by atoms with Gasteiger partial charge in [-0.2, -0.15) is 0 Å². The molecular formula is C12H12Cl2O3. The highest BCUT2D eigenvalue weighted by atomic mass is 35.5. The molecule has 0 N–H and O–H groups in total. The van der Waals surface area contributed by atoms with Crippen LogP contribution in [-0.2, 0) is 21.8 Å². The average Bonchev–Trinajstić information content (AvgIpc) is 2.37. The van der Waals surface area contributed by atoms with Crippen LogP contribution >= 0.6 is 23.2 Å². The lowest BCUT2D eigenvalue weighted by Crippen LogP contribution is -2.11. The summed E-state index contributed by atoms with van der Waals surface area (Å²) in [4.78, 5) is 22.8. The average molecular weight is 275 g/mol. The summed E-state index contributed by atoms with van der Waals surface area (Å²) in [5.74, 6) is -0.471. The van der Waals surface area contributed by atoms with Crippen molar-refractivity contribution in [3.8, 4) is 0 Å². The number of rotatable bonds is 5. The molecule has 1 aromatic carbocycles. The van der Waals surface area contributed by atoms with Gasteiger partial charge in [-0.15, -0.1) is 23.2 Å². The maximum absolute atomic E-state index is 11.5. The Kier molecular flexibility index (Phi) is 5.45. The van der Waals surface area contributed by atoms with Crippen molar-refractivity contribution in [2.45, 2.75) is 12.3 Å². The number of carbonyl (C=O) groups is 2. The highest BCUT2D eigenvalue weighted by Gasteiger charge is 2.15. The third-order valence-electron chi connectivity index (χ3n) is 2.35. The summed E-state index contributed by atoms with van der Waals surface area (Å²) in [5, 5.41) is 0. The molecule has 0 heterocycles. The van der Waals surface area contributed by atoms with E-state index in [9.17, 15) is 9.59 Å². The Labute approximate surface area is 110 Å². The predicted octanol–water partition coefficient (Wildman–Crippen LogP) is 2.56. The fourth-order valence-electron chi connectivity index (χ4n) is 1.52. The standard InChI is InChI=1S/C12H12Cl2O3/c1-17-12(16)10-4-2-3-8(11(10)7-14)5-9(15)6-13/h2-4H,5-7H2,1H3. The SMILES string of the molecule is COC(=O)c1cccc(CC(=O)CCl)c1CCl. The molecular weight excluding hydrogens is 263 g/mol. The molecule has 0 atom stereocenters. The lowest BCUT2D eigenvalue weighted by atomic mass is 9.98. The van der Waals surface area contributed by atoms with Gasteiger partial charge in [0.1, 0.15) is 0 Å². The van der Waals surface area contributed by atoms with E-state index in [4.69, 9.17) is 23.2 Å². The van der Waals surface area contributed by atoms with Gasteiger partial charge in [-0.3, -0.25) is 4.79 Å². The minimum Gasteiger partial charge on any atom is -0.465 e. The van der Waals surface area contributed by atoms with Gasteiger partial charge in [-0.05, 0) is 17.2 Å². The zero-order valence-electron chi connectivity index (χ0n) is 9.33. The Balaban J connectivity index is 3.14. The van der Waals surface area contributed by atoms with Gasteiger partial charge in [0.2, 0.25) is 0 Å². The molecule has 0 fully saturated rings. The molecule has 0 radical (unpaired) electrons. The molecule has 0 amide bonds. The number of carbonyl (C=O) groups excluding carboxylic acids is 2. The minimum absolute atomic E-state index is 0.0514. The van der Waals surface area contributed by atoms with Crippen molar-refractivity contribution in [2.24, 2.45) is 0 Å². The molecule has 0 aliphatic heterocycles. The first-order chi connectivity index (χ1) is 8.13. The van der Waals surface area contributed by atoms with E-state index >= 15 is 0 Å². The van der Waals surface area contributed by atoms with Crippen LogP contribution in [0.25, 0.3) is 0 Å². The van der Waals surface area contributed by atoms with Crippen LogP contribution in [0.15, 0.2) is 18.2 Å². The fraction of sp³-hybridized carbons (Fsp3) is 0.333. The van der Waals surface area contributed by atoms with E-state index in [0.29, 0.717) is 16.7 Å². The lowest BCUT2D eigenvalue weighted by Gasteiger charge is -2.10. The lowest BCUT2D eigenvalue weighted by molar-refractivity contribution is -0.116. The van der Waals surface area contributed by atoms with E-state index < -0.39 is 5.97 Å². The van der Waals surface area contributed by atoms with E-state index in [-0.39, 0.29) is 24.0 Å². The maximum Gasteiger partial charge on any atom is 0.338 e. The number of hydrogen-bond acceptors (Lipinski definition) is 3. The Morgan fingerprint density at radius 1 is 1.29 bits per heavy atom. The van der Waals surface area contributed by atoms with Gasteiger partial charge in [0.05, 0.1) is 18.6 Å². The molecule has 0 spiro atoms. The van der Waals surface area contributed by atoms with Gasteiger partial charge in [0.15, 0.2) is 5.78 Å². The zero-order valence-corrected chi connectivity index (χ0v) is 10.8. The van der Waals surface area contributed by atoms with Crippen molar-refractivity contribution in [1.29, 1.82) is 0 Å². The summed E-state index contributed by atoms with van der Waals surface area (Å²) in [7, 11) is 1.30. The second-order valence-electron chi connectivity index (χ2n) is 3.42. The van der Waals surface area contributed by atoms with Crippen molar-refractivity contribution < 1.29 is 14.3 Å². The highest BCUT2D eigenvalue weighted by Crippen LogP contribution is 2.19. The Morgan fingerprint density at radius 2 is 2.00 bits per heavy atom. The number of halogens is 2. The second-order valence-corrected chi connectivity index (χ2v) is 3.95. The number of methoxy groups -OCH3 is 1. The molecule has 92 valence electrons. The largest absolute Gasteiger partial charge is 0.465 e. The Hall–Kier alpha value is -1.06. The number of ketones is 1. The molecule has 3 nitrogen and oxygen atoms in total. The van der Waals surface area contributed by atoms with Gasteiger partial charge in [-0.1, -0.05) is 12.1 Å². The first-order valence-corrected chi connectivity index (χ1v) is 6.03. The van der Waals surface area contributed by atoms with Crippen molar-refractivity contribution in [3.63, 3.8) is 0 Å². The third-order valence-corrected chi connectivity index (χ3v) is 2.91. The Bertz CT molecular complexity index is 430. The molecule has 0 saturated heterocycles. The van der Waals surface area contributed by atoms with Gasteiger partial charge in [0, 0.05) is 12.3 Å². The van der Waals surface area contributed by atoms with E-state index in [1.165, 1.54) is 7.11 Å². The van der Waals surface area contributed by atoms with Crippen molar-refractivity contribution in [1.82, 2.24) is 0 Å². The van der Waals surface area contributed by atoms with Gasteiger partial charge in [0.25, 0.3) is 0 Å². The smallest absolute Gasteiger partial charge is 0.338 e. The van der Waals surface area contributed by atoms with Crippen LogP contribution in [0.1, 0.15) is 21.5 Å². The molecule has 1 rings (SSSR count). The van der Waals surface area contributed by atoms with Crippen LogP contribution < -0.4 is 0 Å². The minimum atomic E-state index is -0.458. The fourth-order valence-corrected chi connectivity index (χ4v) is 1.93. The monoisotopic (exact) mass is 274 g/mol. The van der Waals surface area contributed by atoms with E-state index in [0.717, 1.165) is 0 Å². The molecule has 0 bridgehead atoms. The first kappa shape index (κ1) is 14.0. The molecule has 0 aliphatic carbocycles. The first-order valence-electron chi connectivity index (χ1n) is 4.96. The molecule has 1 aromatic rings. The van der Waals surface area contributed by atoms with Crippen molar-refractivity contribution >= 4 is 35.0 Å². The topological polar surface area (TPSA) is 43.4 Å². The predicted molar refractivity (Wildman–Crippen MR) is 66.8 cm³/mol. The number of alkyl halides is 2. The third kappa shape index (κ3) is 3.45. The number of Topliss-reactive ketones (excluding diaryl/α,β-unsaturated/α-hetero) is 1. The van der Waals surface area contributed by atoms with Gasteiger partial charge < -0.3 is 4.74 Å². The molecule has 0 aromatic heterocycles. The van der Waals surface area contributed by atoms with E-state index in [1.54, 1.807) is 18.2 Å². The number of ether oxygens (including phenoxy) is 1. The summed E-state index contributed by atoms with van der Waals surface area (Å²) in [6.45, 7) is 0. The van der Waals surface area contributed by atoms with Crippen LogP contribution in [-0.4, -0.2) is 24.7 Å². The molecule has 17 heavy (non-hydrogen) atoms. The van der Waals surface area contributed by atoms with Crippen LogP contribution in [0.3, 0.4) is 0 Å². The van der Waals surface area contributed by atoms with E-state index in [1.807, 2.05) is 0 Å². The van der Waals surface area contributed by atoms with E-state index in [2.05, 4.69) is 4.74 Å². The van der Waals surface area contributed by atoms with Crippen LogP contribution in [0.2, 0.25) is 0 Å². The maximum atomic E-state index is 11.5. The Morgan fingerprint density at radius 3 is 2.53 bits per heavy atom. The highest BCUT2D eigenvalue weighted by molar-refractivity contribution is 6.27. The summed E-state index contributed by atoms with van der Waals surface area (Å²) >= 11 is 11.3. The number of hydrogen-bond donors (Lipinski definition) is 0. The summed E-state index contributed by atoms with van der Waals surface area (Å²) in [6.07, 6.45) is 0.177. The second kappa shape index (κ2) is 6.62. The van der Waals surface area contributed by atoms with Crippen LogP contribution in [0, 0.1) is 0 Å². The summed E-state index contributed by atoms with van der Waals surface area (Å²) in [6, 6.07) is 5.08. The van der Waals surface area contributed by atoms with Crippen LogP contribution in [0.5, 0.6) is 0 Å².